The third-order valence-corrected chi connectivity index (χ3v) is 3.13. The second kappa shape index (κ2) is 5.16. The number of hydrogen-bond acceptors (Lipinski definition) is 0. The van der Waals surface area contributed by atoms with E-state index in [9.17, 15) is 0 Å². The van der Waals surface area contributed by atoms with Gasteiger partial charge in [0.1, 0.15) is 0 Å². The monoisotopic (exact) mass is 212 g/mol. The lowest BCUT2D eigenvalue weighted by Gasteiger charge is -2.06. The Bertz CT molecular complexity index is 384. The van der Waals surface area contributed by atoms with Crippen LogP contribution < -0.4 is 0 Å². The van der Waals surface area contributed by atoms with Crippen LogP contribution in [0.5, 0.6) is 0 Å². The summed E-state index contributed by atoms with van der Waals surface area (Å²) in [5.41, 5.74) is 2.91. The highest BCUT2D eigenvalue weighted by molar-refractivity contribution is 5.35. The summed E-state index contributed by atoms with van der Waals surface area (Å²) in [6.07, 6.45) is 9.62. The minimum Gasteiger partial charge on any atom is -0.0805 e. The van der Waals surface area contributed by atoms with E-state index in [1.165, 1.54) is 17.6 Å². The van der Waals surface area contributed by atoms with Crippen molar-refractivity contribution in [1.82, 2.24) is 0 Å². The first-order valence-corrected chi connectivity index (χ1v) is 6.34. The molecular formula is C16H20. The van der Waals surface area contributed by atoms with E-state index in [-0.39, 0.29) is 0 Å². The van der Waals surface area contributed by atoms with Crippen LogP contribution in [0.15, 0.2) is 54.1 Å². The second-order valence-corrected chi connectivity index (χ2v) is 4.33. The molecule has 1 aromatic rings. The number of rotatable bonds is 2. The first-order valence-electron chi connectivity index (χ1n) is 6.34. The predicted octanol–water partition coefficient (Wildman–Crippen LogP) is 4.39. The van der Waals surface area contributed by atoms with Crippen molar-refractivity contribution in [2.75, 3.05) is 0 Å². The van der Waals surface area contributed by atoms with E-state index in [4.69, 9.17) is 0 Å². The molecule has 1 aromatic carbocycles. The predicted molar refractivity (Wildman–Crippen MR) is 70.3 cm³/mol. The van der Waals surface area contributed by atoms with Gasteiger partial charge in [-0.25, -0.2) is 0 Å². The molecule has 2 atom stereocenters. The maximum atomic E-state index is 2.46. The van der Waals surface area contributed by atoms with Gasteiger partial charge in [-0.15, -0.1) is 0 Å². The molecule has 0 spiro atoms. The van der Waals surface area contributed by atoms with Crippen LogP contribution in [0.1, 0.15) is 25.8 Å². The van der Waals surface area contributed by atoms with Gasteiger partial charge < -0.3 is 0 Å². The largest absolute Gasteiger partial charge is 0.0805 e. The maximum Gasteiger partial charge on any atom is -0.00289 e. The van der Waals surface area contributed by atoms with Crippen LogP contribution in [-0.4, -0.2) is 0 Å². The molecule has 2 unspecified atom stereocenters. The zero-order valence-electron chi connectivity index (χ0n) is 10.2. The maximum absolute atomic E-state index is 2.46. The van der Waals surface area contributed by atoms with Crippen molar-refractivity contribution in [1.29, 1.82) is 0 Å². The van der Waals surface area contributed by atoms with Crippen molar-refractivity contribution in [3.63, 3.8) is 0 Å². The first kappa shape index (κ1) is 11.2. The fraction of sp³-hybridized carbons (Fsp3) is 0.375. The summed E-state index contributed by atoms with van der Waals surface area (Å²) in [7, 11) is 0. The third-order valence-electron chi connectivity index (χ3n) is 3.13. The molecule has 2 aliphatic rings. The van der Waals surface area contributed by atoms with Gasteiger partial charge in [-0.05, 0) is 35.8 Å². The van der Waals surface area contributed by atoms with Crippen LogP contribution in [0.3, 0.4) is 0 Å². The highest BCUT2D eigenvalue weighted by atomic mass is 14.4. The average Bonchev–Trinajstić information content (AvgIpc) is 3.11. The smallest absolute Gasteiger partial charge is 0.00289 e. The summed E-state index contributed by atoms with van der Waals surface area (Å²) in [6, 6.07) is 10.7. The van der Waals surface area contributed by atoms with E-state index in [2.05, 4.69) is 48.6 Å². The third kappa shape index (κ3) is 2.63. The van der Waals surface area contributed by atoms with Gasteiger partial charge in [0.15, 0.2) is 0 Å². The lowest BCUT2D eigenvalue weighted by atomic mass is 10.00. The summed E-state index contributed by atoms with van der Waals surface area (Å²) < 4.78 is 0. The van der Waals surface area contributed by atoms with E-state index in [0.29, 0.717) is 0 Å². The van der Waals surface area contributed by atoms with Crippen molar-refractivity contribution in [2.45, 2.75) is 26.7 Å². The fourth-order valence-corrected chi connectivity index (χ4v) is 2.18. The van der Waals surface area contributed by atoms with Gasteiger partial charge in [0.05, 0.1) is 0 Å². The number of benzene rings is 1. The van der Waals surface area contributed by atoms with Crippen LogP contribution >= 0.6 is 0 Å². The van der Waals surface area contributed by atoms with E-state index >= 15 is 0 Å². The zero-order chi connectivity index (χ0) is 11.4. The molecule has 0 aliphatic heterocycles. The Balaban J connectivity index is 0.000000457. The highest BCUT2D eigenvalue weighted by Crippen LogP contribution is 2.44. The van der Waals surface area contributed by atoms with E-state index in [0.717, 1.165) is 18.3 Å². The minimum absolute atomic E-state index is 0.874. The summed E-state index contributed by atoms with van der Waals surface area (Å²) in [6.45, 7) is 4.00. The highest BCUT2D eigenvalue weighted by Gasteiger charge is 2.34. The van der Waals surface area contributed by atoms with E-state index in [1.807, 2.05) is 13.8 Å². The van der Waals surface area contributed by atoms with Crippen LogP contribution in [0.4, 0.5) is 0 Å². The fourth-order valence-electron chi connectivity index (χ4n) is 2.18. The van der Waals surface area contributed by atoms with Gasteiger partial charge in [-0.1, -0.05) is 62.4 Å². The lowest BCUT2D eigenvalue weighted by Crippen LogP contribution is -1.92. The molecule has 1 fully saturated rings. The van der Waals surface area contributed by atoms with Crippen LogP contribution in [0.2, 0.25) is 0 Å². The van der Waals surface area contributed by atoms with Gasteiger partial charge in [0, 0.05) is 0 Å². The van der Waals surface area contributed by atoms with Crippen molar-refractivity contribution in [2.24, 2.45) is 11.8 Å². The minimum atomic E-state index is 0.874. The van der Waals surface area contributed by atoms with Gasteiger partial charge >= 0.3 is 0 Å². The molecule has 1 saturated carbocycles. The molecule has 3 rings (SSSR count). The summed E-state index contributed by atoms with van der Waals surface area (Å²) in [5.74, 6) is 1.76. The number of allylic oxidation sites excluding steroid dienone is 4. The van der Waals surface area contributed by atoms with Crippen molar-refractivity contribution in [3.05, 3.63) is 59.7 Å². The van der Waals surface area contributed by atoms with Crippen molar-refractivity contribution in [3.8, 4) is 0 Å². The molecule has 16 heavy (non-hydrogen) atoms. The topological polar surface area (TPSA) is 0 Å². The molecule has 0 bridgehead atoms. The Kier molecular flexibility index (Phi) is 3.61. The van der Waals surface area contributed by atoms with E-state index in [1.54, 1.807) is 0 Å². The average molecular weight is 212 g/mol. The van der Waals surface area contributed by atoms with Gasteiger partial charge in [-0.2, -0.15) is 0 Å². The van der Waals surface area contributed by atoms with E-state index < -0.39 is 0 Å². The second-order valence-electron chi connectivity index (χ2n) is 4.33. The van der Waals surface area contributed by atoms with Crippen molar-refractivity contribution >= 4 is 0 Å². The molecule has 0 amide bonds. The lowest BCUT2D eigenvalue weighted by molar-refractivity contribution is 0.948. The van der Waals surface area contributed by atoms with Gasteiger partial charge in [0.25, 0.3) is 0 Å². The molecule has 0 nitrogen and oxygen atoms in total. The number of hydrogen-bond donors (Lipinski definition) is 0. The Labute approximate surface area is 98.7 Å². The molecule has 2 aliphatic carbocycles. The Morgan fingerprint density at radius 2 is 1.81 bits per heavy atom. The Morgan fingerprint density at radius 1 is 1.06 bits per heavy atom. The van der Waals surface area contributed by atoms with Gasteiger partial charge in [-0.3, -0.25) is 0 Å². The van der Waals surface area contributed by atoms with Crippen LogP contribution in [0, 0.1) is 11.8 Å². The molecule has 0 N–H and O–H groups in total. The Hall–Kier alpha value is -1.30. The quantitative estimate of drug-likeness (QED) is 0.682. The molecule has 0 aromatic heterocycles. The summed E-state index contributed by atoms with van der Waals surface area (Å²) >= 11 is 0. The van der Waals surface area contributed by atoms with Gasteiger partial charge in [0.2, 0.25) is 0 Å². The number of fused-ring (bicyclic) bond motifs is 1. The van der Waals surface area contributed by atoms with Crippen LogP contribution in [0.25, 0.3) is 0 Å². The summed E-state index contributed by atoms with van der Waals surface area (Å²) in [5, 5.41) is 0. The first-order chi connectivity index (χ1) is 7.92. The molecule has 0 radical (unpaired) electrons. The standard InChI is InChI=1S/C14H14.C2H6/c1-2-4-11(5-3-1)8-12-6-7-13-10-14(13)9-12;1-2/h1-7,9,13-14H,8,10H2;1-2H3. The summed E-state index contributed by atoms with van der Waals surface area (Å²) in [4.78, 5) is 0. The Morgan fingerprint density at radius 3 is 2.50 bits per heavy atom. The van der Waals surface area contributed by atoms with Crippen molar-refractivity contribution < 1.29 is 0 Å². The SMILES string of the molecule is C1=CC2CC2C=C1Cc1ccccc1.CC. The molecule has 0 heterocycles. The molecule has 0 heteroatoms. The van der Waals surface area contributed by atoms with Crippen LogP contribution in [-0.2, 0) is 6.42 Å². The molecule has 84 valence electrons. The normalized spacial score (nSPS) is 25.0. The molecular weight excluding hydrogens is 192 g/mol. The molecule has 0 saturated heterocycles. The zero-order valence-corrected chi connectivity index (χ0v) is 10.2.